The van der Waals surface area contributed by atoms with E-state index in [1.165, 1.54) is 31.2 Å². The van der Waals surface area contributed by atoms with Gasteiger partial charge in [-0.05, 0) is 31.7 Å². The largest absolute Gasteiger partial charge is 0.0884 e. The summed E-state index contributed by atoms with van der Waals surface area (Å²) < 4.78 is 0. The van der Waals surface area contributed by atoms with E-state index >= 15 is 0 Å². The third-order valence-corrected chi connectivity index (χ3v) is 2.56. The molecule has 14 heavy (non-hydrogen) atoms. The molecule has 0 saturated heterocycles. The SMILES string of the molecule is CC=C(CCC)CCc1ccccc1. The molecular formula is C14H20. The van der Waals surface area contributed by atoms with Crippen LogP contribution in [0, 0.1) is 0 Å². The summed E-state index contributed by atoms with van der Waals surface area (Å²) in [4.78, 5) is 0. The minimum absolute atomic E-state index is 1.18. The molecule has 0 radical (unpaired) electrons. The first-order valence-corrected chi connectivity index (χ1v) is 5.54. The minimum atomic E-state index is 1.18. The molecule has 0 saturated carbocycles. The Morgan fingerprint density at radius 3 is 2.43 bits per heavy atom. The standard InChI is InChI=1S/C14H20/c1-3-8-13(4-2)11-12-14-9-6-5-7-10-14/h4-7,9-10H,3,8,11-12H2,1-2H3. The summed E-state index contributed by atoms with van der Waals surface area (Å²) in [5.41, 5.74) is 3.04. The number of hydrogen-bond donors (Lipinski definition) is 0. The molecule has 0 aliphatic heterocycles. The van der Waals surface area contributed by atoms with Crippen molar-refractivity contribution in [1.29, 1.82) is 0 Å². The van der Waals surface area contributed by atoms with Crippen molar-refractivity contribution in [1.82, 2.24) is 0 Å². The van der Waals surface area contributed by atoms with Gasteiger partial charge < -0.3 is 0 Å². The Bertz CT molecular complexity index is 269. The predicted octanol–water partition coefficient (Wildman–Crippen LogP) is 4.37. The smallest absolute Gasteiger partial charge is 0.0241 e. The molecule has 0 unspecified atom stereocenters. The van der Waals surface area contributed by atoms with Gasteiger partial charge in [-0.25, -0.2) is 0 Å². The zero-order valence-electron chi connectivity index (χ0n) is 9.29. The fraction of sp³-hybridized carbons (Fsp3) is 0.429. The second kappa shape index (κ2) is 6.42. The quantitative estimate of drug-likeness (QED) is 0.602. The molecule has 0 heterocycles. The average Bonchev–Trinajstić information content (AvgIpc) is 2.25. The van der Waals surface area contributed by atoms with Crippen molar-refractivity contribution >= 4 is 0 Å². The van der Waals surface area contributed by atoms with Crippen LogP contribution < -0.4 is 0 Å². The van der Waals surface area contributed by atoms with Gasteiger partial charge in [0.15, 0.2) is 0 Å². The third-order valence-electron chi connectivity index (χ3n) is 2.56. The van der Waals surface area contributed by atoms with Crippen molar-refractivity contribution in [2.24, 2.45) is 0 Å². The maximum absolute atomic E-state index is 2.27. The third kappa shape index (κ3) is 3.78. The Labute approximate surface area is 87.7 Å². The Hall–Kier alpha value is -1.04. The molecule has 0 N–H and O–H groups in total. The highest BCUT2D eigenvalue weighted by Gasteiger charge is 1.96. The summed E-state index contributed by atoms with van der Waals surface area (Å²) in [6, 6.07) is 10.7. The van der Waals surface area contributed by atoms with Crippen molar-refractivity contribution in [3.05, 3.63) is 47.5 Å². The van der Waals surface area contributed by atoms with Gasteiger partial charge in [-0.1, -0.05) is 55.3 Å². The van der Waals surface area contributed by atoms with Crippen LogP contribution >= 0.6 is 0 Å². The highest BCUT2D eigenvalue weighted by Crippen LogP contribution is 2.13. The molecule has 0 fully saturated rings. The molecule has 0 atom stereocenters. The van der Waals surface area contributed by atoms with Gasteiger partial charge in [-0.15, -0.1) is 0 Å². The lowest BCUT2D eigenvalue weighted by molar-refractivity contribution is 0.815. The monoisotopic (exact) mass is 188 g/mol. The Morgan fingerprint density at radius 2 is 1.86 bits per heavy atom. The van der Waals surface area contributed by atoms with Gasteiger partial charge in [0.25, 0.3) is 0 Å². The van der Waals surface area contributed by atoms with Crippen LogP contribution in [0.15, 0.2) is 42.0 Å². The second-order valence-corrected chi connectivity index (χ2v) is 3.68. The van der Waals surface area contributed by atoms with E-state index in [9.17, 15) is 0 Å². The van der Waals surface area contributed by atoms with E-state index in [0.29, 0.717) is 0 Å². The Balaban J connectivity index is 2.40. The summed E-state index contributed by atoms with van der Waals surface area (Å²) >= 11 is 0. The Kier molecular flexibility index (Phi) is 5.06. The number of rotatable bonds is 5. The van der Waals surface area contributed by atoms with Crippen molar-refractivity contribution in [3.63, 3.8) is 0 Å². The van der Waals surface area contributed by atoms with Gasteiger partial charge in [0, 0.05) is 0 Å². The van der Waals surface area contributed by atoms with Gasteiger partial charge in [0.2, 0.25) is 0 Å². The fourth-order valence-electron chi connectivity index (χ4n) is 1.68. The molecule has 0 heteroatoms. The van der Waals surface area contributed by atoms with E-state index in [2.05, 4.69) is 50.3 Å². The lowest BCUT2D eigenvalue weighted by atomic mass is 10.0. The first-order chi connectivity index (χ1) is 6.86. The van der Waals surface area contributed by atoms with Gasteiger partial charge in [0.05, 0.1) is 0 Å². The van der Waals surface area contributed by atoms with Crippen LogP contribution in [0.2, 0.25) is 0 Å². The maximum Gasteiger partial charge on any atom is -0.0241 e. The first kappa shape index (κ1) is 11.0. The van der Waals surface area contributed by atoms with Crippen LogP contribution in [0.4, 0.5) is 0 Å². The zero-order chi connectivity index (χ0) is 10.2. The lowest BCUT2D eigenvalue weighted by Gasteiger charge is -2.05. The van der Waals surface area contributed by atoms with E-state index in [-0.39, 0.29) is 0 Å². The van der Waals surface area contributed by atoms with Crippen molar-refractivity contribution in [2.75, 3.05) is 0 Å². The van der Waals surface area contributed by atoms with Crippen LogP contribution in [0.1, 0.15) is 38.7 Å². The number of aryl methyl sites for hydroxylation is 1. The summed E-state index contributed by atoms with van der Waals surface area (Å²) in [5, 5.41) is 0. The lowest BCUT2D eigenvalue weighted by Crippen LogP contribution is -1.88. The van der Waals surface area contributed by atoms with Crippen LogP contribution in [-0.2, 0) is 6.42 Å². The normalized spacial score (nSPS) is 11.7. The molecule has 0 aromatic heterocycles. The molecular weight excluding hydrogens is 168 g/mol. The molecule has 0 bridgehead atoms. The molecule has 0 spiro atoms. The van der Waals surface area contributed by atoms with E-state index < -0.39 is 0 Å². The summed E-state index contributed by atoms with van der Waals surface area (Å²) in [6.07, 6.45) is 7.18. The molecule has 0 amide bonds. The number of benzene rings is 1. The number of hydrogen-bond acceptors (Lipinski definition) is 0. The summed E-state index contributed by atoms with van der Waals surface area (Å²) in [6.45, 7) is 4.39. The minimum Gasteiger partial charge on any atom is -0.0884 e. The molecule has 1 aromatic carbocycles. The van der Waals surface area contributed by atoms with Crippen LogP contribution in [0.5, 0.6) is 0 Å². The van der Waals surface area contributed by atoms with Crippen LogP contribution in [0.25, 0.3) is 0 Å². The zero-order valence-corrected chi connectivity index (χ0v) is 9.29. The predicted molar refractivity (Wildman–Crippen MR) is 63.4 cm³/mol. The fourth-order valence-corrected chi connectivity index (χ4v) is 1.68. The van der Waals surface area contributed by atoms with Crippen molar-refractivity contribution in [2.45, 2.75) is 39.5 Å². The van der Waals surface area contributed by atoms with Gasteiger partial charge in [-0.3, -0.25) is 0 Å². The van der Waals surface area contributed by atoms with Crippen LogP contribution in [0.3, 0.4) is 0 Å². The molecule has 0 aliphatic carbocycles. The molecule has 76 valence electrons. The first-order valence-electron chi connectivity index (χ1n) is 5.54. The Morgan fingerprint density at radius 1 is 1.14 bits per heavy atom. The topological polar surface area (TPSA) is 0 Å². The van der Waals surface area contributed by atoms with Crippen molar-refractivity contribution < 1.29 is 0 Å². The van der Waals surface area contributed by atoms with E-state index in [1.807, 2.05) is 0 Å². The van der Waals surface area contributed by atoms with Gasteiger partial charge in [0.1, 0.15) is 0 Å². The van der Waals surface area contributed by atoms with Gasteiger partial charge >= 0.3 is 0 Å². The number of allylic oxidation sites excluding steroid dienone is 2. The molecule has 0 aliphatic rings. The summed E-state index contributed by atoms with van der Waals surface area (Å²) in [7, 11) is 0. The van der Waals surface area contributed by atoms with Crippen LogP contribution in [-0.4, -0.2) is 0 Å². The highest BCUT2D eigenvalue weighted by atomic mass is 14.0. The van der Waals surface area contributed by atoms with E-state index in [0.717, 1.165) is 0 Å². The van der Waals surface area contributed by atoms with E-state index in [4.69, 9.17) is 0 Å². The second-order valence-electron chi connectivity index (χ2n) is 3.68. The molecule has 1 aromatic rings. The van der Waals surface area contributed by atoms with E-state index in [1.54, 1.807) is 5.57 Å². The highest BCUT2D eigenvalue weighted by molar-refractivity contribution is 5.16. The molecule has 0 nitrogen and oxygen atoms in total. The van der Waals surface area contributed by atoms with Gasteiger partial charge in [-0.2, -0.15) is 0 Å². The average molecular weight is 188 g/mol. The molecule has 1 rings (SSSR count). The maximum atomic E-state index is 2.27. The van der Waals surface area contributed by atoms with Crippen molar-refractivity contribution in [3.8, 4) is 0 Å². The summed E-state index contributed by atoms with van der Waals surface area (Å²) in [5.74, 6) is 0.